The molecule has 19 heavy (non-hydrogen) atoms. The van der Waals surface area contributed by atoms with E-state index in [0.29, 0.717) is 12.0 Å². The molecule has 0 saturated carbocycles. The number of nitrogens with zero attached hydrogens (tertiary/aromatic N) is 1. The Balaban J connectivity index is 2.06. The molecular formula is C15H19ClN2S. The summed E-state index contributed by atoms with van der Waals surface area (Å²) in [6.45, 7) is 7.28. The minimum absolute atomic E-state index is 0.319. The Kier molecular flexibility index (Phi) is 4.97. The summed E-state index contributed by atoms with van der Waals surface area (Å²) >= 11 is 7.64. The third kappa shape index (κ3) is 4.03. The van der Waals surface area contributed by atoms with Gasteiger partial charge in [-0.15, -0.1) is 11.3 Å². The highest BCUT2D eigenvalue weighted by Gasteiger charge is 2.15. The highest BCUT2D eigenvalue weighted by Crippen LogP contribution is 2.23. The van der Waals surface area contributed by atoms with Crippen LogP contribution in [0.2, 0.25) is 5.02 Å². The van der Waals surface area contributed by atoms with Gasteiger partial charge in [-0.3, -0.25) is 0 Å². The van der Waals surface area contributed by atoms with E-state index in [1.165, 1.54) is 5.56 Å². The third-order valence-corrected chi connectivity index (χ3v) is 4.14. The van der Waals surface area contributed by atoms with Crippen LogP contribution in [0.5, 0.6) is 0 Å². The molecular weight excluding hydrogens is 276 g/mol. The fourth-order valence-corrected chi connectivity index (χ4v) is 2.85. The largest absolute Gasteiger partial charge is 0.304 e. The number of hydrogen-bond acceptors (Lipinski definition) is 3. The molecule has 1 unspecified atom stereocenters. The average molecular weight is 295 g/mol. The number of hydrogen-bond donors (Lipinski definition) is 1. The van der Waals surface area contributed by atoms with E-state index in [1.807, 2.05) is 19.1 Å². The van der Waals surface area contributed by atoms with Gasteiger partial charge >= 0.3 is 0 Å². The molecule has 0 spiro atoms. The molecule has 1 aromatic carbocycles. The van der Waals surface area contributed by atoms with E-state index in [0.717, 1.165) is 22.3 Å². The molecule has 2 aromatic rings. The standard InChI is InChI=1S/C15H19ClN2S/c1-10(2)15(12-4-6-13(16)7-5-12)17-8-14-9-19-11(3)18-14/h4-7,9-10,15,17H,8H2,1-3H3. The molecule has 0 radical (unpaired) electrons. The van der Waals surface area contributed by atoms with Gasteiger partial charge in [-0.1, -0.05) is 37.6 Å². The summed E-state index contributed by atoms with van der Waals surface area (Å²) < 4.78 is 0. The van der Waals surface area contributed by atoms with Crippen molar-refractivity contribution < 1.29 is 0 Å². The van der Waals surface area contributed by atoms with E-state index in [-0.39, 0.29) is 0 Å². The molecule has 0 bridgehead atoms. The van der Waals surface area contributed by atoms with Crippen LogP contribution in [0.1, 0.15) is 36.2 Å². The van der Waals surface area contributed by atoms with Gasteiger partial charge in [0, 0.05) is 23.0 Å². The Morgan fingerprint density at radius 1 is 1.26 bits per heavy atom. The lowest BCUT2D eigenvalue weighted by molar-refractivity contribution is 0.409. The second-order valence-corrected chi connectivity index (χ2v) is 6.51. The molecule has 1 heterocycles. The van der Waals surface area contributed by atoms with Crippen molar-refractivity contribution in [2.24, 2.45) is 5.92 Å². The molecule has 1 atom stereocenters. The smallest absolute Gasteiger partial charge is 0.0897 e. The predicted octanol–water partition coefficient (Wildman–Crippen LogP) is 4.59. The zero-order valence-corrected chi connectivity index (χ0v) is 13.1. The molecule has 0 aliphatic heterocycles. The Labute approximate surface area is 123 Å². The highest BCUT2D eigenvalue weighted by atomic mass is 35.5. The van der Waals surface area contributed by atoms with Crippen LogP contribution >= 0.6 is 22.9 Å². The van der Waals surface area contributed by atoms with E-state index in [1.54, 1.807) is 11.3 Å². The fourth-order valence-electron chi connectivity index (χ4n) is 2.11. The molecule has 2 nitrogen and oxygen atoms in total. The van der Waals surface area contributed by atoms with Gasteiger partial charge in [0.15, 0.2) is 0 Å². The van der Waals surface area contributed by atoms with Gasteiger partial charge in [-0.25, -0.2) is 4.98 Å². The van der Waals surface area contributed by atoms with E-state index in [4.69, 9.17) is 11.6 Å². The first-order valence-electron chi connectivity index (χ1n) is 6.46. The number of rotatable bonds is 5. The molecule has 1 N–H and O–H groups in total. The molecule has 0 aliphatic rings. The number of nitrogens with one attached hydrogen (secondary N) is 1. The zero-order valence-electron chi connectivity index (χ0n) is 11.5. The van der Waals surface area contributed by atoms with Gasteiger partial charge in [-0.05, 0) is 30.5 Å². The molecule has 0 saturated heterocycles. The van der Waals surface area contributed by atoms with Gasteiger partial charge in [-0.2, -0.15) is 0 Å². The summed E-state index contributed by atoms with van der Waals surface area (Å²) in [6, 6.07) is 8.39. The first-order chi connectivity index (χ1) is 9.06. The topological polar surface area (TPSA) is 24.9 Å². The minimum atomic E-state index is 0.319. The van der Waals surface area contributed by atoms with E-state index in [2.05, 4.69) is 41.7 Å². The quantitative estimate of drug-likeness (QED) is 0.872. The van der Waals surface area contributed by atoms with Crippen molar-refractivity contribution in [2.75, 3.05) is 0 Å². The molecule has 0 fully saturated rings. The Morgan fingerprint density at radius 3 is 2.47 bits per heavy atom. The van der Waals surface area contributed by atoms with Crippen LogP contribution in [0.4, 0.5) is 0 Å². The van der Waals surface area contributed by atoms with Crippen molar-refractivity contribution >= 4 is 22.9 Å². The second-order valence-electron chi connectivity index (χ2n) is 5.01. The zero-order chi connectivity index (χ0) is 13.8. The maximum atomic E-state index is 5.94. The van der Waals surface area contributed by atoms with Gasteiger partial charge in [0.1, 0.15) is 0 Å². The van der Waals surface area contributed by atoms with Crippen LogP contribution in [0, 0.1) is 12.8 Å². The molecule has 102 valence electrons. The highest BCUT2D eigenvalue weighted by molar-refractivity contribution is 7.09. The molecule has 0 aliphatic carbocycles. The van der Waals surface area contributed by atoms with Crippen LogP contribution < -0.4 is 5.32 Å². The minimum Gasteiger partial charge on any atom is -0.304 e. The summed E-state index contributed by atoms with van der Waals surface area (Å²) in [5.41, 5.74) is 2.38. The SMILES string of the molecule is Cc1nc(CNC(c2ccc(Cl)cc2)C(C)C)cs1. The van der Waals surface area contributed by atoms with Gasteiger partial charge in [0.25, 0.3) is 0 Å². The van der Waals surface area contributed by atoms with Gasteiger partial charge < -0.3 is 5.32 Å². The van der Waals surface area contributed by atoms with Crippen LogP contribution in [0.15, 0.2) is 29.6 Å². The van der Waals surface area contributed by atoms with E-state index < -0.39 is 0 Å². The Bertz CT molecular complexity index is 519. The van der Waals surface area contributed by atoms with Crippen molar-refractivity contribution in [1.82, 2.24) is 10.3 Å². The van der Waals surface area contributed by atoms with Crippen molar-refractivity contribution in [3.05, 3.63) is 50.9 Å². The molecule has 1 aromatic heterocycles. The lowest BCUT2D eigenvalue weighted by atomic mass is 9.96. The van der Waals surface area contributed by atoms with E-state index in [9.17, 15) is 0 Å². The maximum absolute atomic E-state index is 5.94. The lowest BCUT2D eigenvalue weighted by Crippen LogP contribution is -2.25. The average Bonchev–Trinajstić information content (AvgIpc) is 2.77. The molecule has 4 heteroatoms. The molecule has 2 rings (SSSR count). The van der Waals surface area contributed by atoms with Crippen molar-refractivity contribution in [3.63, 3.8) is 0 Å². The second kappa shape index (κ2) is 6.51. The first-order valence-corrected chi connectivity index (χ1v) is 7.72. The summed E-state index contributed by atoms with van der Waals surface area (Å²) in [7, 11) is 0. The van der Waals surface area contributed by atoms with Crippen LogP contribution in [0.25, 0.3) is 0 Å². The number of aryl methyl sites for hydroxylation is 1. The summed E-state index contributed by atoms with van der Waals surface area (Å²) in [5, 5.41) is 7.59. The summed E-state index contributed by atoms with van der Waals surface area (Å²) in [6.07, 6.45) is 0. The van der Waals surface area contributed by atoms with Crippen molar-refractivity contribution in [1.29, 1.82) is 0 Å². The third-order valence-electron chi connectivity index (χ3n) is 3.07. The van der Waals surface area contributed by atoms with Crippen molar-refractivity contribution in [3.8, 4) is 0 Å². The van der Waals surface area contributed by atoms with Crippen LogP contribution in [-0.4, -0.2) is 4.98 Å². The van der Waals surface area contributed by atoms with E-state index >= 15 is 0 Å². The summed E-state index contributed by atoms with van der Waals surface area (Å²) in [4.78, 5) is 4.48. The number of aromatic nitrogens is 1. The lowest BCUT2D eigenvalue weighted by Gasteiger charge is -2.22. The van der Waals surface area contributed by atoms with Crippen LogP contribution in [0.3, 0.4) is 0 Å². The number of benzene rings is 1. The Hall–Kier alpha value is -0.900. The van der Waals surface area contributed by atoms with Crippen molar-refractivity contribution in [2.45, 2.75) is 33.4 Å². The predicted molar refractivity (Wildman–Crippen MR) is 82.7 cm³/mol. The fraction of sp³-hybridized carbons (Fsp3) is 0.400. The van der Waals surface area contributed by atoms with Gasteiger partial charge in [0.2, 0.25) is 0 Å². The number of thiazole rings is 1. The normalized spacial score (nSPS) is 12.9. The molecule has 0 amide bonds. The van der Waals surface area contributed by atoms with Gasteiger partial charge in [0.05, 0.1) is 10.7 Å². The Morgan fingerprint density at radius 2 is 1.95 bits per heavy atom. The first kappa shape index (κ1) is 14.5. The number of halogens is 1. The van der Waals surface area contributed by atoms with Crippen LogP contribution in [-0.2, 0) is 6.54 Å². The monoisotopic (exact) mass is 294 g/mol. The maximum Gasteiger partial charge on any atom is 0.0897 e. The summed E-state index contributed by atoms with van der Waals surface area (Å²) in [5.74, 6) is 0.515.